The van der Waals surface area contributed by atoms with E-state index >= 15 is 0 Å². The number of amides is 1. The number of aryl methyl sites for hydroxylation is 1. The summed E-state index contributed by atoms with van der Waals surface area (Å²) >= 11 is 0. The highest BCUT2D eigenvalue weighted by Crippen LogP contribution is 2.38. The summed E-state index contributed by atoms with van der Waals surface area (Å²) in [5.41, 5.74) is 0.588. The largest absolute Gasteiger partial charge is 0.507 e. The third-order valence-electron chi connectivity index (χ3n) is 5.30. The van der Waals surface area contributed by atoms with Gasteiger partial charge in [-0.1, -0.05) is 0 Å². The maximum atomic E-state index is 13.0. The molecule has 3 aromatic rings. The predicted molar refractivity (Wildman–Crippen MR) is 103 cm³/mol. The molecule has 1 N–H and O–H groups in total. The summed E-state index contributed by atoms with van der Waals surface area (Å²) in [4.78, 5) is 22.4. The van der Waals surface area contributed by atoms with Crippen molar-refractivity contribution >= 4 is 17.1 Å². The predicted octanol–water partition coefficient (Wildman–Crippen LogP) is 3.39. The van der Waals surface area contributed by atoms with E-state index in [0.717, 1.165) is 6.07 Å². The molecule has 0 spiro atoms. The SMILES string of the molecule is CCN1C[C@@H](Cn2cc3ncc(-c4c(C)cc(C(F)(F)F)cc4O)nc3n2)CC1=O. The maximum Gasteiger partial charge on any atom is 0.416 e. The molecule has 1 fully saturated rings. The molecule has 0 saturated carbocycles. The molecule has 1 aliphatic rings. The number of nitrogens with zero attached hydrogens (tertiary/aromatic N) is 5. The van der Waals surface area contributed by atoms with Crippen LogP contribution in [0.4, 0.5) is 13.2 Å². The van der Waals surface area contributed by atoms with Crippen LogP contribution in [-0.4, -0.2) is 48.8 Å². The van der Waals surface area contributed by atoms with Crippen molar-refractivity contribution in [3.05, 3.63) is 35.7 Å². The van der Waals surface area contributed by atoms with Crippen LogP contribution < -0.4 is 0 Å². The fourth-order valence-electron chi connectivity index (χ4n) is 3.87. The number of rotatable bonds is 4. The molecule has 0 aliphatic carbocycles. The number of fused-ring (bicyclic) bond motifs is 1. The molecule has 2 aromatic heterocycles. The molecular weight excluding hydrogens is 399 g/mol. The van der Waals surface area contributed by atoms with Gasteiger partial charge in [0.15, 0.2) is 5.65 Å². The summed E-state index contributed by atoms with van der Waals surface area (Å²) in [6.45, 7) is 5.32. The number of carbonyl (C=O) groups excluding carboxylic acids is 1. The average molecular weight is 419 g/mol. The number of aromatic hydroxyl groups is 1. The van der Waals surface area contributed by atoms with Gasteiger partial charge in [-0.2, -0.15) is 18.3 Å². The van der Waals surface area contributed by atoms with Crippen LogP contribution in [0.25, 0.3) is 22.4 Å². The van der Waals surface area contributed by atoms with Gasteiger partial charge in [0.25, 0.3) is 0 Å². The van der Waals surface area contributed by atoms with E-state index in [1.54, 1.807) is 15.8 Å². The number of phenolic OH excluding ortho intramolecular Hbond substituents is 1. The Morgan fingerprint density at radius 2 is 2.07 bits per heavy atom. The van der Waals surface area contributed by atoms with Crippen molar-refractivity contribution in [3.8, 4) is 17.0 Å². The van der Waals surface area contributed by atoms with Gasteiger partial charge < -0.3 is 10.0 Å². The molecule has 1 atom stereocenters. The first-order valence-corrected chi connectivity index (χ1v) is 9.55. The van der Waals surface area contributed by atoms with E-state index in [9.17, 15) is 23.1 Å². The first-order chi connectivity index (χ1) is 14.2. The van der Waals surface area contributed by atoms with E-state index in [4.69, 9.17) is 0 Å². The zero-order valence-corrected chi connectivity index (χ0v) is 16.4. The number of hydrogen-bond donors (Lipinski definition) is 1. The summed E-state index contributed by atoms with van der Waals surface area (Å²) in [6, 6.07) is 1.65. The van der Waals surface area contributed by atoms with Gasteiger partial charge in [0, 0.05) is 37.5 Å². The van der Waals surface area contributed by atoms with Crippen LogP contribution >= 0.6 is 0 Å². The highest BCUT2D eigenvalue weighted by Gasteiger charge is 2.32. The number of halogens is 3. The normalized spacial score (nSPS) is 17.3. The molecule has 1 aliphatic heterocycles. The minimum absolute atomic E-state index is 0.131. The highest BCUT2D eigenvalue weighted by atomic mass is 19.4. The lowest BCUT2D eigenvalue weighted by atomic mass is 10.0. The quantitative estimate of drug-likeness (QED) is 0.701. The second-order valence-electron chi connectivity index (χ2n) is 7.50. The molecule has 3 heterocycles. The van der Waals surface area contributed by atoms with Gasteiger partial charge >= 0.3 is 6.18 Å². The zero-order chi connectivity index (χ0) is 21.6. The summed E-state index contributed by atoms with van der Waals surface area (Å²) in [6.07, 6.45) is -0.953. The molecule has 1 aromatic carbocycles. The van der Waals surface area contributed by atoms with E-state index < -0.39 is 17.5 Å². The van der Waals surface area contributed by atoms with Crippen molar-refractivity contribution in [1.82, 2.24) is 24.6 Å². The molecular formula is C20H20F3N5O2. The average Bonchev–Trinajstić information content (AvgIpc) is 3.22. The standard InChI is InChI=1S/C20H20F3N5O2/c1-3-27-8-12(5-17(27)30)9-28-10-15-19(26-28)25-14(7-24-15)18-11(2)4-13(6-16(18)29)20(21,22)23/h4,6-7,10,12,29H,3,5,8-9H2,1-2H3/t12-/m0/s1. The van der Waals surface area contributed by atoms with Gasteiger partial charge in [-0.15, -0.1) is 0 Å². The zero-order valence-electron chi connectivity index (χ0n) is 16.4. The Kier molecular flexibility index (Phi) is 4.87. The summed E-state index contributed by atoms with van der Waals surface area (Å²) < 4.78 is 40.6. The lowest BCUT2D eigenvalue weighted by Crippen LogP contribution is -2.25. The second kappa shape index (κ2) is 7.26. The van der Waals surface area contributed by atoms with E-state index in [0.29, 0.717) is 43.3 Å². The smallest absolute Gasteiger partial charge is 0.416 e. The Morgan fingerprint density at radius 3 is 2.70 bits per heavy atom. The number of benzene rings is 1. The van der Waals surface area contributed by atoms with Crippen molar-refractivity contribution in [2.24, 2.45) is 5.92 Å². The van der Waals surface area contributed by atoms with Gasteiger partial charge in [-0.05, 0) is 31.5 Å². The lowest BCUT2D eigenvalue weighted by Gasteiger charge is -2.13. The van der Waals surface area contributed by atoms with Crippen LogP contribution in [0.15, 0.2) is 24.5 Å². The van der Waals surface area contributed by atoms with E-state index in [1.165, 1.54) is 13.1 Å². The second-order valence-corrected chi connectivity index (χ2v) is 7.50. The van der Waals surface area contributed by atoms with E-state index in [2.05, 4.69) is 15.1 Å². The van der Waals surface area contributed by atoms with Crippen LogP contribution in [0.2, 0.25) is 0 Å². The van der Waals surface area contributed by atoms with Crippen LogP contribution in [0.3, 0.4) is 0 Å². The molecule has 1 saturated heterocycles. The topological polar surface area (TPSA) is 84.1 Å². The van der Waals surface area contributed by atoms with Crippen molar-refractivity contribution in [2.45, 2.75) is 33.0 Å². The minimum Gasteiger partial charge on any atom is -0.507 e. The molecule has 7 nitrogen and oxygen atoms in total. The molecule has 0 unspecified atom stereocenters. The fourth-order valence-corrected chi connectivity index (χ4v) is 3.87. The molecule has 4 rings (SSSR count). The number of carbonyl (C=O) groups is 1. The number of alkyl halides is 3. The summed E-state index contributed by atoms with van der Waals surface area (Å²) in [5, 5.41) is 14.6. The summed E-state index contributed by atoms with van der Waals surface area (Å²) in [5.74, 6) is -0.238. The summed E-state index contributed by atoms with van der Waals surface area (Å²) in [7, 11) is 0. The molecule has 0 bridgehead atoms. The third kappa shape index (κ3) is 3.69. The van der Waals surface area contributed by atoms with Crippen molar-refractivity contribution < 1.29 is 23.1 Å². The first kappa shape index (κ1) is 20.1. The van der Waals surface area contributed by atoms with Crippen LogP contribution in [0, 0.1) is 12.8 Å². The van der Waals surface area contributed by atoms with E-state index in [1.807, 2.05) is 6.92 Å². The number of phenols is 1. The van der Waals surface area contributed by atoms with E-state index in [-0.39, 0.29) is 28.6 Å². The van der Waals surface area contributed by atoms with Crippen LogP contribution in [0.5, 0.6) is 5.75 Å². The highest BCUT2D eigenvalue weighted by molar-refractivity contribution is 5.79. The van der Waals surface area contributed by atoms with Crippen LogP contribution in [0.1, 0.15) is 24.5 Å². The van der Waals surface area contributed by atoms with Gasteiger partial charge in [-0.25, -0.2) is 9.97 Å². The Labute approximate surface area is 170 Å². The van der Waals surface area contributed by atoms with Crippen molar-refractivity contribution in [2.75, 3.05) is 13.1 Å². The third-order valence-corrected chi connectivity index (χ3v) is 5.30. The van der Waals surface area contributed by atoms with Crippen molar-refractivity contribution in [3.63, 3.8) is 0 Å². The van der Waals surface area contributed by atoms with Crippen molar-refractivity contribution in [1.29, 1.82) is 0 Å². The number of likely N-dealkylation sites (tertiary alicyclic amines) is 1. The lowest BCUT2D eigenvalue weighted by molar-refractivity contribution is -0.137. The first-order valence-electron chi connectivity index (χ1n) is 9.55. The molecule has 0 radical (unpaired) electrons. The molecule has 30 heavy (non-hydrogen) atoms. The Balaban J connectivity index is 1.63. The minimum atomic E-state index is -4.55. The monoisotopic (exact) mass is 419 g/mol. The molecule has 1 amide bonds. The van der Waals surface area contributed by atoms with Crippen LogP contribution in [-0.2, 0) is 17.5 Å². The Hall–Kier alpha value is -3.17. The maximum absolute atomic E-state index is 13.0. The van der Waals surface area contributed by atoms with Gasteiger partial charge in [-0.3, -0.25) is 9.48 Å². The molecule has 158 valence electrons. The number of aromatic nitrogens is 4. The van der Waals surface area contributed by atoms with Gasteiger partial charge in [0.05, 0.1) is 23.7 Å². The molecule has 10 heteroatoms. The Bertz CT molecular complexity index is 1100. The number of hydrogen-bond acceptors (Lipinski definition) is 5. The fraction of sp³-hybridized carbons (Fsp3) is 0.400. The van der Waals surface area contributed by atoms with Gasteiger partial charge in [0.2, 0.25) is 5.91 Å². The van der Waals surface area contributed by atoms with Gasteiger partial charge in [0.1, 0.15) is 11.3 Å². The Morgan fingerprint density at radius 1 is 1.30 bits per heavy atom.